The van der Waals surface area contributed by atoms with Crippen molar-refractivity contribution in [2.45, 2.75) is 12.8 Å². The molecule has 0 aliphatic heterocycles. The molecule has 3 rings (SSSR count). The first-order chi connectivity index (χ1) is 12.6. The molecule has 0 saturated carbocycles. The Morgan fingerprint density at radius 3 is 2.33 bits per heavy atom. The van der Waals surface area contributed by atoms with Gasteiger partial charge in [-0.1, -0.05) is 35.9 Å². The second kappa shape index (κ2) is 6.70. The Kier molecular flexibility index (Phi) is 4.69. The Morgan fingerprint density at radius 2 is 1.74 bits per heavy atom. The largest absolute Gasteiger partial charge is 0.506 e. The van der Waals surface area contributed by atoms with Gasteiger partial charge < -0.3 is 19.9 Å². The summed E-state index contributed by atoms with van der Waals surface area (Å²) >= 11 is 6.15. The fraction of sp³-hybridized carbons (Fsp3) is 0.158. The van der Waals surface area contributed by atoms with Crippen molar-refractivity contribution < 1.29 is 20.1 Å². The van der Waals surface area contributed by atoms with Crippen LogP contribution >= 0.6 is 11.6 Å². The van der Waals surface area contributed by atoms with Gasteiger partial charge in [-0.05, 0) is 24.3 Å². The van der Waals surface area contributed by atoms with E-state index >= 15 is 0 Å². The third kappa shape index (κ3) is 3.16. The first kappa shape index (κ1) is 18.9. The molecule has 0 bridgehead atoms. The molecule has 0 spiro atoms. The van der Waals surface area contributed by atoms with Gasteiger partial charge in [0.2, 0.25) is 5.91 Å². The minimum absolute atomic E-state index is 0.121. The fourth-order valence-electron chi connectivity index (χ4n) is 2.97. The molecule has 0 fully saturated rings. The molecule has 1 heterocycles. The Labute approximate surface area is 159 Å². The summed E-state index contributed by atoms with van der Waals surface area (Å²) in [6.07, 6.45) is 0. The van der Waals surface area contributed by atoms with Gasteiger partial charge in [0.25, 0.3) is 11.5 Å². The third-order valence-electron chi connectivity index (χ3n) is 4.20. The number of amides is 1. The summed E-state index contributed by atoms with van der Waals surface area (Å²) in [4.78, 5) is 26.5. The number of pyridine rings is 1. The zero-order valence-corrected chi connectivity index (χ0v) is 15.3. The maximum Gasteiger partial charge on any atom is 0.271 e. The fourth-order valence-corrected chi connectivity index (χ4v) is 3.22. The molecule has 8 heteroatoms. The van der Waals surface area contributed by atoms with Gasteiger partial charge in [0, 0.05) is 19.7 Å². The smallest absolute Gasteiger partial charge is 0.271 e. The van der Waals surface area contributed by atoms with Crippen molar-refractivity contribution in [3.05, 3.63) is 69.5 Å². The van der Waals surface area contributed by atoms with Crippen LogP contribution < -0.4 is 10.5 Å². The van der Waals surface area contributed by atoms with Gasteiger partial charge in [-0.2, -0.15) is 0 Å². The van der Waals surface area contributed by atoms with Gasteiger partial charge in [0.05, 0.1) is 15.9 Å². The highest BCUT2D eigenvalue weighted by molar-refractivity contribution is 6.36. The minimum atomic E-state index is -2.62. The maximum absolute atomic E-state index is 13.1. The molecule has 140 valence electrons. The summed E-state index contributed by atoms with van der Waals surface area (Å²) < 4.78 is 1.17. The van der Waals surface area contributed by atoms with Gasteiger partial charge >= 0.3 is 0 Å². The lowest BCUT2D eigenvalue weighted by Crippen LogP contribution is -2.51. The standard InChI is InChI=1S/C19H17ClN2O5/c1-19(26,27)22(11-7-4-3-5-8-11)18(25)15-16(23)14-12(20)9-6-10-13(14)21(2)17(15)24/h3-10,23,26-27H,1-2H3. The highest BCUT2D eigenvalue weighted by Crippen LogP contribution is 2.34. The minimum Gasteiger partial charge on any atom is -0.506 e. The molecule has 0 atom stereocenters. The molecule has 2 aromatic carbocycles. The van der Waals surface area contributed by atoms with Crippen LogP contribution in [-0.2, 0) is 7.05 Å². The lowest BCUT2D eigenvalue weighted by molar-refractivity contribution is -0.138. The normalized spacial score (nSPS) is 11.6. The number of hydrogen-bond donors (Lipinski definition) is 3. The van der Waals surface area contributed by atoms with E-state index in [2.05, 4.69) is 0 Å². The topological polar surface area (TPSA) is 103 Å². The molecule has 0 aliphatic carbocycles. The number of hydrogen-bond acceptors (Lipinski definition) is 5. The zero-order valence-electron chi connectivity index (χ0n) is 14.5. The Bertz CT molecular complexity index is 1090. The average Bonchev–Trinajstić information content (AvgIpc) is 2.59. The number of halogens is 1. The van der Waals surface area contributed by atoms with Crippen molar-refractivity contribution >= 4 is 34.1 Å². The summed E-state index contributed by atoms with van der Waals surface area (Å²) in [5.74, 6) is -4.31. The summed E-state index contributed by atoms with van der Waals surface area (Å²) in [7, 11) is 1.43. The Hall–Kier alpha value is -2.87. The highest BCUT2D eigenvalue weighted by atomic mass is 35.5. The molecule has 0 aliphatic rings. The van der Waals surface area contributed by atoms with E-state index in [1.807, 2.05) is 0 Å². The third-order valence-corrected chi connectivity index (χ3v) is 4.52. The molecule has 27 heavy (non-hydrogen) atoms. The first-order valence-corrected chi connectivity index (χ1v) is 8.37. The predicted octanol–water partition coefficient (Wildman–Crippen LogP) is 2.20. The van der Waals surface area contributed by atoms with Gasteiger partial charge in [0.15, 0.2) is 0 Å². The molecule has 0 radical (unpaired) electrons. The van der Waals surface area contributed by atoms with E-state index in [4.69, 9.17) is 11.6 Å². The van der Waals surface area contributed by atoms with E-state index in [1.54, 1.807) is 30.3 Å². The highest BCUT2D eigenvalue weighted by Gasteiger charge is 2.36. The number of benzene rings is 2. The second-order valence-corrected chi connectivity index (χ2v) is 6.58. The van der Waals surface area contributed by atoms with Gasteiger partial charge in [-0.25, -0.2) is 0 Å². The Balaban J connectivity index is 2.32. The molecule has 0 saturated heterocycles. The summed E-state index contributed by atoms with van der Waals surface area (Å²) in [5, 5.41) is 31.2. The molecule has 1 amide bonds. The molecule has 3 aromatic rings. The zero-order chi connectivity index (χ0) is 19.9. The van der Waals surface area contributed by atoms with Gasteiger partial charge in [0.1, 0.15) is 11.3 Å². The van der Waals surface area contributed by atoms with Crippen LogP contribution in [0.4, 0.5) is 5.69 Å². The van der Waals surface area contributed by atoms with E-state index in [0.29, 0.717) is 10.4 Å². The van der Waals surface area contributed by atoms with Crippen molar-refractivity contribution in [2.24, 2.45) is 7.05 Å². The molecule has 3 N–H and O–H groups in total. The number of para-hydroxylation sites is 1. The maximum atomic E-state index is 13.1. The molecular formula is C19H17ClN2O5. The van der Waals surface area contributed by atoms with E-state index in [-0.39, 0.29) is 16.1 Å². The number of anilines is 1. The number of aromatic nitrogens is 1. The van der Waals surface area contributed by atoms with Crippen molar-refractivity contribution in [2.75, 3.05) is 4.90 Å². The first-order valence-electron chi connectivity index (χ1n) is 7.99. The van der Waals surface area contributed by atoms with Crippen LogP contribution in [0.5, 0.6) is 5.75 Å². The number of aliphatic hydroxyl groups is 2. The number of carbonyl (C=O) groups is 1. The SMILES string of the molecule is Cn1c(=O)c(C(=O)N(c2ccccc2)C(C)(O)O)c(O)c2c(Cl)cccc21. The Morgan fingerprint density at radius 1 is 1.11 bits per heavy atom. The monoisotopic (exact) mass is 388 g/mol. The van der Waals surface area contributed by atoms with Crippen LogP contribution in [0, 0.1) is 0 Å². The van der Waals surface area contributed by atoms with Gasteiger partial charge in [-0.3, -0.25) is 14.5 Å². The number of fused-ring (bicyclic) bond motifs is 1. The van der Waals surface area contributed by atoms with Crippen LogP contribution in [0.25, 0.3) is 10.9 Å². The average molecular weight is 389 g/mol. The molecule has 1 aromatic heterocycles. The molecular weight excluding hydrogens is 372 g/mol. The summed E-state index contributed by atoms with van der Waals surface area (Å²) in [6, 6.07) is 12.5. The number of carbonyl (C=O) groups excluding carboxylic acids is 1. The lowest BCUT2D eigenvalue weighted by atomic mass is 10.1. The van der Waals surface area contributed by atoms with Crippen molar-refractivity contribution in [3.8, 4) is 5.75 Å². The van der Waals surface area contributed by atoms with E-state index < -0.39 is 28.7 Å². The number of rotatable bonds is 3. The number of aryl methyl sites for hydroxylation is 1. The van der Waals surface area contributed by atoms with E-state index in [0.717, 1.165) is 6.92 Å². The van der Waals surface area contributed by atoms with Crippen molar-refractivity contribution in [1.82, 2.24) is 4.57 Å². The van der Waals surface area contributed by atoms with Crippen LogP contribution in [0.15, 0.2) is 53.3 Å². The van der Waals surface area contributed by atoms with E-state index in [1.165, 1.54) is 29.8 Å². The summed E-state index contributed by atoms with van der Waals surface area (Å²) in [5.41, 5.74) is -0.937. The number of nitrogens with zero attached hydrogens (tertiary/aromatic N) is 2. The second-order valence-electron chi connectivity index (χ2n) is 6.17. The van der Waals surface area contributed by atoms with Crippen LogP contribution in [0.2, 0.25) is 5.02 Å². The van der Waals surface area contributed by atoms with Crippen LogP contribution in [-0.4, -0.2) is 31.7 Å². The molecule has 0 unspecified atom stereocenters. The van der Waals surface area contributed by atoms with Gasteiger partial charge in [-0.15, -0.1) is 0 Å². The molecule has 7 nitrogen and oxygen atoms in total. The summed E-state index contributed by atoms with van der Waals surface area (Å²) in [6.45, 7) is 0.980. The van der Waals surface area contributed by atoms with Crippen molar-refractivity contribution in [3.63, 3.8) is 0 Å². The van der Waals surface area contributed by atoms with Crippen LogP contribution in [0.1, 0.15) is 17.3 Å². The number of aromatic hydroxyl groups is 1. The quantitative estimate of drug-likeness (QED) is 0.597. The van der Waals surface area contributed by atoms with Crippen LogP contribution in [0.3, 0.4) is 0 Å². The lowest BCUT2D eigenvalue weighted by Gasteiger charge is -2.32. The predicted molar refractivity (Wildman–Crippen MR) is 102 cm³/mol. The van der Waals surface area contributed by atoms with Crippen molar-refractivity contribution in [1.29, 1.82) is 0 Å². The van der Waals surface area contributed by atoms with E-state index in [9.17, 15) is 24.9 Å².